The lowest BCUT2D eigenvalue weighted by molar-refractivity contribution is 0.255. The van der Waals surface area contributed by atoms with E-state index in [4.69, 9.17) is 0 Å². The number of allylic oxidation sites excluding steroid dienone is 1. The smallest absolute Gasteiger partial charge is 0.323 e. The van der Waals surface area contributed by atoms with Gasteiger partial charge in [0.15, 0.2) is 0 Å². The van der Waals surface area contributed by atoms with Crippen LogP contribution in [0.25, 0.3) is 0 Å². The second-order valence-corrected chi connectivity index (χ2v) is 5.01. The van der Waals surface area contributed by atoms with Gasteiger partial charge in [0.1, 0.15) is 0 Å². The maximum absolute atomic E-state index is 11.7. The first-order valence-electron chi connectivity index (χ1n) is 7.32. The lowest BCUT2D eigenvalue weighted by Gasteiger charge is -2.08. The molecule has 0 atom stereocenters. The van der Waals surface area contributed by atoms with Crippen LogP contribution in [0.3, 0.4) is 0 Å². The molecule has 0 saturated carbocycles. The molecule has 0 aliphatic carbocycles. The Bertz CT molecular complexity index is 633. The van der Waals surface area contributed by atoms with Crippen molar-refractivity contribution in [1.82, 2.24) is 5.32 Å². The molecule has 114 valence electrons. The van der Waals surface area contributed by atoms with Gasteiger partial charge in [0.25, 0.3) is 0 Å². The number of para-hydroxylation sites is 1. The van der Waals surface area contributed by atoms with Crippen molar-refractivity contribution in [2.75, 3.05) is 10.6 Å². The predicted molar refractivity (Wildman–Crippen MR) is 92.4 cm³/mol. The highest BCUT2D eigenvalue weighted by molar-refractivity contribution is 5.90. The van der Waals surface area contributed by atoms with Gasteiger partial charge in [-0.25, -0.2) is 4.79 Å². The molecule has 0 fully saturated rings. The molecule has 0 heterocycles. The molecule has 0 spiro atoms. The van der Waals surface area contributed by atoms with Crippen molar-refractivity contribution in [3.63, 3.8) is 0 Å². The maximum Gasteiger partial charge on any atom is 0.323 e. The van der Waals surface area contributed by atoms with Gasteiger partial charge >= 0.3 is 6.03 Å². The van der Waals surface area contributed by atoms with E-state index in [0.717, 1.165) is 29.1 Å². The van der Waals surface area contributed by atoms with Crippen molar-refractivity contribution in [3.8, 4) is 0 Å². The summed E-state index contributed by atoms with van der Waals surface area (Å²) in [7, 11) is 0. The summed E-state index contributed by atoms with van der Waals surface area (Å²) >= 11 is 0. The normalized spacial score (nSPS) is 10.9. The van der Waals surface area contributed by atoms with E-state index in [9.17, 15) is 4.79 Å². The van der Waals surface area contributed by atoms with Gasteiger partial charge in [-0.1, -0.05) is 30.7 Å². The zero-order chi connectivity index (χ0) is 15.8. The SMILES string of the molecule is CC/C(C)=C/NC(=O)Nc1ccc(Nc2ccccc2)cc1. The summed E-state index contributed by atoms with van der Waals surface area (Å²) in [4.78, 5) is 11.7. The minimum atomic E-state index is -0.239. The summed E-state index contributed by atoms with van der Waals surface area (Å²) in [5, 5.41) is 8.79. The Hall–Kier alpha value is -2.75. The van der Waals surface area contributed by atoms with Crippen molar-refractivity contribution in [1.29, 1.82) is 0 Å². The van der Waals surface area contributed by atoms with Crippen molar-refractivity contribution < 1.29 is 4.79 Å². The van der Waals surface area contributed by atoms with Crippen molar-refractivity contribution in [2.45, 2.75) is 20.3 Å². The van der Waals surface area contributed by atoms with Crippen LogP contribution in [0.2, 0.25) is 0 Å². The van der Waals surface area contributed by atoms with Crippen LogP contribution >= 0.6 is 0 Å². The molecule has 0 bridgehead atoms. The molecule has 0 unspecified atom stereocenters. The average molecular weight is 295 g/mol. The molecule has 2 rings (SSSR count). The molecule has 0 saturated heterocycles. The Morgan fingerprint density at radius 3 is 2.18 bits per heavy atom. The minimum absolute atomic E-state index is 0.239. The number of amides is 2. The van der Waals surface area contributed by atoms with Crippen LogP contribution in [0.1, 0.15) is 20.3 Å². The van der Waals surface area contributed by atoms with Gasteiger partial charge in [-0.2, -0.15) is 0 Å². The van der Waals surface area contributed by atoms with Crippen LogP contribution in [0, 0.1) is 0 Å². The van der Waals surface area contributed by atoms with Crippen LogP contribution in [0.15, 0.2) is 66.4 Å². The van der Waals surface area contributed by atoms with Gasteiger partial charge in [0.2, 0.25) is 0 Å². The van der Waals surface area contributed by atoms with Crippen LogP contribution in [-0.4, -0.2) is 6.03 Å². The Morgan fingerprint density at radius 1 is 0.955 bits per heavy atom. The number of hydrogen-bond acceptors (Lipinski definition) is 2. The topological polar surface area (TPSA) is 53.2 Å². The van der Waals surface area contributed by atoms with Gasteiger partial charge in [-0.05, 0) is 49.7 Å². The largest absolute Gasteiger partial charge is 0.356 e. The molecule has 3 N–H and O–H groups in total. The number of anilines is 3. The standard InChI is InChI=1S/C18H21N3O/c1-3-14(2)13-19-18(22)21-17-11-9-16(10-12-17)20-15-7-5-4-6-8-15/h4-13,20H,3H2,1-2H3,(H2,19,21,22)/b14-13+. The molecule has 0 aromatic heterocycles. The molecule has 2 amide bonds. The third-order valence-corrected chi connectivity index (χ3v) is 3.21. The highest BCUT2D eigenvalue weighted by Crippen LogP contribution is 2.18. The Morgan fingerprint density at radius 2 is 1.55 bits per heavy atom. The summed E-state index contributed by atoms with van der Waals surface area (Å²) < 4.78 is 0. The van der Waals surface area contributed by atoms with E-state index in [-0.39, 0.29) is 6.03 Å². The Kier molecular flexibility index (Phi) is 5.60. The number of carbonyl (C=O) groups excluding carboxylic acids is 1. The van der Waals surface area contributed by atoms with Gasteiger partial charge in [-0.3, -0.25) is 0 Å². The first-order chi connectivity index (χ1) is 10.7. The van der Waals surface area contributed by atoms with Gasteiger partial charge in [0.05, 0.1) is 0 Å². The lowest BCUT2D eigenvalue weighted by atomic mass is 10.2. The second-order valence-electron chi connectivity index (χ2n) is 5.01. The molecular weight excluding hydrogens is 274 g/mol. The van der Waals surface area contributed by atoms with E-state index in [0.29, 0.717) is 0 Å². The fourth-order valence-electron chi connectivity index (χ4n) is 1.78. The van der Waals surface area contributed by atoms with E-state index in [2.05, 4.69) is 16.0 Å². The fourth-order valence-corrected chi connectivity index (χ4v) is 1.78. The fraction of sp³-hybridized carbons (Fsp3) is 0.167. The minimum Gasteiger partial charge on any atom is -0.356 e. The zero-order valence-corrected chi connectivity index (χ0v) is 12.9. The van der Waals surface area contributed by atoms with Gasteiger partial charge in [0, 0.05) is 23.3 Å². The maximum atomic E-state index is 11.7. The van der Waals surface area contributed by atoms with Crippen molar-refractivity contribution in [2.24, 2.45) is 0 Å². The average Bonchev–Trinajstić information content (AvgIpc) is 2.55. The third-order valence-electron chi connectivity index (χ3n) is 3.21. The molecule has 0 aliphatic heterocycles. The van der Waals surface area contributed by atoms with E-state index in [1.807, 2.05) is 68.4 Å². The molecule has 22 heavy (non-hydrogen) atoms. The van der Waals surface area contributed by atoms with E-state index in [1.54, 1.807) is 6.20 Å². The molecular formula is C18H21N3O. The third kappa shape index (κ3) is 4.98. The quantitative estimate of drug-likeness (QED) is 0.737. The van der Waals surface area contributed by atoms with Crippen LogP contribution in [0.5, 0.6) is 0 Å². The van der Waals surface area contributed by atoms with Gasteiger partial charge in [-0.15, -0.1) is 0 Å². The van der Waals surface area contributed by atoms with Crippen LogP contribution in [-0.2, 0) is 0 Å². The molecule has 0 aliphatic rings. The molecule has 2 aromatic carbocycles. The summed E-state index contributed by atoms with van der Waals surface area (Å²) in [5.74, 6) is 0. The summed E-state index contributed by atoms with van der Waals surface area (Å²) in [6.07, 6.45) is 2.64. The highest BCUT2D eigenvalue weighted by atomic mass is 16.2. The van der Waals surface area contributed by atoms with E-state index >= 15 is 0 Å². The lowest BCUT2D eigenvalue weighted by Crippen LogP contribution is -2.24. The summed E-state index contributed by atoms with van der Waals surface area (Å²) in [6.45, 7) is 4.02. The summed E-state index contributed by atoms with van der Waals surface area (Å²) in [5.41, 5.74) is 3.87. The molecule has 2 aromatic rings. The van der Waals surface area contributed by atoms with Crippen LogP contribution in [0.4, 0.5) is 21.9 Å². The predicted octanol–water partition coefficient (Wildman–Crippen LogP) is 4.87. The zero-order valence-electron chi connectivity index (χ0n) is 12.9. The van der Waals surface area contributed by atoms with E-state index < -0.39 is 0 Å². The first kappa shape index (κ1) is 15.6. The number of benzene rings is 2. The molecule has 4 nitrogen and oxygen atoms in total. The molecule has 0 radical (unpaired) electrons. The second kappa shape index (κ2) is 7.88. The number of hydrogen-bond donors (Lipinski definition) is 3. The number of urea groups is 1. The summed E-state index contributed by atoms with van der Waals surface area (Å²) in [6, 6.07) is 17.3. The number of carbonyl (C=O) groups is 1. The monoisotopic (exact) mass is 295 g/mol. The van der Waals surface area contributed by atoms with Crippen molar-refractivity contribution >= 4 is 23.1 Å². The first-order valence-corrected chi connectivity index (χ1v) is 7.32. The highest BCUT2D eigenvalue weighted by Gasteiger charge is 2.00. The number of rotatable bonds is 5. The Balaban J connectivity index is 1.90. The molecule has 4 heteroatoms. The van der Waals surface area contributed by atoms with E-state index in [1.165, 1.54) is 0 Å². The van der Waals surface area contributed by atoms with Gasteiger partial charge < -0.3 is 16.0 Å². The van der Waals surface area contributed by atoms with Crippen LogP contribution < -0.4 is 16.0 Å². The van der Waals surface area contributed by atoms with Crippen molar-refractivity contribution in [3.05, 3.63) is 66.4 Å². The Labute approximate surface area is 131 Å². The number of nitrogens with one attached hydrogen (secondary N) is 3.